The van der Waals surface area contributed by atoms with Crippen LogP contribution in [0.5, 0.6) is 5.75 Å². The van der Waals surface area contributed by atoms with Crippen molar-refractivity contribution in [3.63, 3.8) is 0 Å². The molecule has 0 amide bonds. The summed E-state index contributed by atoms with van der Waals surface area (Å²) in [5.41, 5.74) is 9.31. The van der Waals surface area contributed by atoms with Crippen LogP contribution in [0.2, 0.25) is 0 Å². The number of rotatable bonds is 7. The van der Waals surface area contributed by atoms with E-state index in [1.54, 1.807) is 12.1 Å². The van der Waals surface area contributed by atoms with E-state index < -0.39 is 6.10 Å². The van der Waals surface area contributed by atoms with Crippen LogP contribution < -0.4 is 10.5 Å². The molecule has 0 spiro atoms. The lowest BCUT2D eigenvalue weighted by Crippen LogP contribution is -2.27. The fraction of sp³-hybridized carbons (Fsp3) is 0.174. The summed E-state index contributed by atoms with van der Waals surface area (Å²) in [6, 6.07) is 25.0. The van der Waals surface area contributed by atoms with Crippen molar-refractivity contribution in [1.29, 1.82) is 0 Å². The van der Waals surface area contributed by atoms with E-state index in [4.69, 9.17) is 10.5 Å². The number of carbonyl (C=O) groups excluding carboxylic acids is 1. The molecular formula is C23H23NO2. The third kappa shape index (κ3) is 4.31. The maximum absolute atomic E-state index is 12.9. The number of benzene rings is 3. The average Bonchev–Trinajstić information content (AvgIpc) is 2.68. The Hall–Kier alpha value is -3.07. The van der Waals surface area contributed by atoms with Gasteiger partial charge in [0, 0.05) is 17.3 Å². The molecule has 132 valence electrons. The van der Waals surface area contributed by atoms with Crippen LogP contribution in [0, 0.1) is 0 Å². The van der Waals surface area contributed by atoms with Gasteiger partial charge in [-0.25, -0.2) is 0 Å². The highest BCUT2D eigenvalue weighted by molar-refractivity contribution is 6.00. The molecule has 0 bridgehead atoms. The normalized spacial score (nSPS) is 11.7. The van der Waals surface area contributed by atoms with Gasteiger partial charge in [0.25, 0.3) is 0 Å². The topological polar surface area (TPSA) is 52.3 Å². The molecule has 0 aliphatic rings. The van der Waals surface area contributed by atoms with Gasteiger partial charge in [0.1, 0.15) is 5.75 Å². The summed E-state index contributed by atoms with van der Waals surface area (Å²) in [5, 5.41) is 0. The second-order valence-corrected chi connectivity index (χ2v) is 6.28. The number of carbonyl (C=O) groups is 1. The number of nitrogens with two attached hydrogens (primary N) is 1. The number of hydrogen-bond acceptors (Lipinski definition) is 3. The molecule has 3 aromatic rings. The first-order chi connectivity index (χ1) is 12.7. The molecule has 0 aliphatic carbocycles. The monoisotopic (exact) mass is 345 g/mol. The lowest BCUT2D eigenvalue weighted by molar-refractivity contribution is 0.0777. The van der Waals surface area contributed by atoms with Gasteiger partial charge in [0.15, 0.2) is 6.10 Å². The molecule has 0 aliphatic heterocycles. The number of Topliss-reactive ketones (excluding diaryl/α,β-unsaturated/α-hetero) is 1. The second-order valence-electron chi connectivity index (χ2n) is 6.28. The Kier molecular flexibility index (Phi) is 5.69. The Balaban J connectivity index is 1.78. The summed E-state index contributed by atoms with van der Waals surface area (Å²) < 4.78 is 5.94. The van der Waals surface area contributed by atoms with Gasteiger partial charge in [0.2, 0.25) is 5.78 Å². The summed E-state index contributed by atoms with van der Waals surface area (Å²) in [4.78, 5) is 12.9. The molecular weight excluding hydrogens is 322 g/mol. The van der Waals surface area contributed by atoms with Crippen molar-refractivity contribution in [2.45, 2.75) is 25.9 Å². The Bertz CT molecular complexity index is 857. The molecule has 1 unspecified atom stereocenters. The largest absolute Gasteiger partial charge is 0.482 e. The average molecular weight is 345 g/mol. The Morgan fingerprint density at radius 1 is 0.923 bits per heavy atom. The number of ketones is 1. The summed E-state index contributed by atoms with van der Waals surface area (Å²) in [5.74, 6) is 0.617. The molecule has 3 heteroatoms. The van der Waals surface area contributed by atoms with E-state index in [1.165, 1.54) is 0 Å². The molecule has 1 atom stereocenters. The molecule has 3 rings (SSSR count). The highest BCUT2D eigenvalue weighted by atomic mass is 16.5. The molecule has 0 radical (unpaired) electrons. The predicted octanol–water partition coefficient (Wildman–Crippen LogP) is 5.37. The van der Waals surface area contributed by atoms with Crippen LogP contribution >= 0.6 is 0 Å². The molecule has 2 N–H and O–H groups in total. The van der Waals surface area contributed by atoms with Crippen LogP contribution in [0.1, 0.15) is 30.1 Å². The summed E-state index contributed by atoms with van der Waals surface area (Å²) in [6.07, 6.45) is 1.01. The van der Waals surface area contributed by atoms with Crippen LogP contribution in [-0.2, 0) is 0 Å². The van der Waals surface area contributed by atoms with E-state index in [2.05, 4.69) is 12.1 Å². The molecule has 0 heterocycles. The van der Waals surface area contributed by atoms with E-state index in [-0.39, 0.29) is 5.78 Å². The van der Waals surface area contributed by atoms with Crippen LogP contribution in [0.25, 0.3) is 11.1 Å². The Labute approximate surface area is 154 Å². The number of ether oxygens (including phenoxy) is 1. The van der Waals surface area contributed by atoms with E-state index >= 15 is 0 Å². The maximum atomic E-state index is 12.9. The van der Waals surface area contributed by atoms with Crippen molar-refractivity contribution in [1.82, 2.24) is 0 Å². The van der Waals surface area contributed by atoms with Crippen molar-refractivity contribution in [3.05, 3.63) is 84.4 Å². The number of nitrogen functional groups attached to an aromatic ring is 1. The van der Waals surface area contributed by atoms with Crippen molar-refractivity contribution in [2.24, 2.45) is 0 Å². The molecule has 0 saturated heterocycles. The Morgan fingerprint density at radius 3 is 2.27 bits per heavy atom. The third-order valence-electron chi connectivity index (χ3n) is 4.26. The van der Waals surface area contributed by atoms with Gasteiger partial charge in [-0.15, -0.1) is 0 Å². The van der Waals surface area contributed by atoms with Crippen LogP contribution in [0.15, 0.2) is 78.9 Å². The highest BCUT2D eigenvalue weighted by Gasteiger charge is 2.21. The lowest BCUT2D eigenvalue weighted by Gasteiger charge is -2.18. The maximum Gasteiger partial charge on any atom is 0.203 e. The smallest absolute Gasteiger partial charge is 0.203 e. The molecule has 3 aromatic carbocycles. The zero-order chi connectivity index (χ0) is 18.4. The zero-order valence-electron chi connectivity index (χ0n) is 14.9. The third-order valence-corrected chi connectivity index (χ3v) is 4.26. The molecule has 3 nitrogen and oxygen atoms in total. The van der Waals surface area contributed by atoms with Crippen molar-refractivity contribution in [3.8, 4) is 16.9 Å². The van der Waals surface area contributed by atoms with Crippen LogP contribution in [0.4, 0.5) is 5.69 Å². The van der Waals surface area contributed by atoms with Gasteiger partial charge in [-0.05, 0) is 29.7 Å². The van der Waals surface area contributed by atoms with E-state index in [1.807, 2.05) is 61.5 Å². The fourth-order valence-electron chi connectivity index (χ4n) is 2.90. The minimum absolute atomic E-state index is 0.00566. The summed E-state index contributed by atoms with van der Waals surface area (Å²) in [7, 11) is 0. The van der Waals surface area contributed by atoms with Crippen LogP contribution in [-0.4, -0.2) is 11.9 Å². The first-order valence-corrected chi connectivity index (χ1v) is 8.89. The van der Waals surface area contributed by atoms with Crippen molar-refractivity contribution < 1.29 is 9.53 Å². The molecule has 0 aromatic heterocycles. The van der Waals surface area contributed by atoms with Gasteiger partial charge in [-0.1, -0.05) is 74.0 Å². The number of anilines is 1. The van der Waals surface area contributed by atoms with Crippen molar-refractivity contribution >= 4 is 11.5 Å². The Morgan fingerprint density at radius 2 is 1.62 bits per heavy atom. The van der Waals surface area contributed by atoms with E-state index in [9.17, 15) is 4.79 Å². The quantitative estimate of drug-likeness (QED) is 0.463. The predicted molar refractivity (Wildman–Crippen MR) is 106 cm³/mol. The molecule has 26 heavy (non-hydrogen) atoms. The fourth-order valence-corrected chi connectivity index (χ4v) is 2.90. The summed E-state index contributed by atoms with van der Waals surface area (Å²) in [6.45, 7) is 2.04. The minimum atomic E-state index is -0.510. The highest BCUT2D eigenvalue weighted by Crippen LogP contribution is 2.22. The lowest BCUT2D eigenvalue weighted by atomic mass is 9.99. The first kappa shape index (κ1) is 17.7. The van der Waals surface area contributed by atoms with Crippen LogP contribution in [0.3, 0.4) is 0 Å². The SMILES string of the molecule is CCCC(Oc1cccc(N)c1)C(=O)c1ccc(-c2ccccc2)cc1. The summed E-state index contributed by atoms with van der Waals surface area (Å²) >= 11 is 0. The second kappa shape index (κ2) is 8.34. The van der Waals surface area contributed by atoms with Gasteiger partial charge in [0.05, 0.1) is 0 Å². The van der Waals surface area contributed by atoms with E-state index in [0.29, 0.717) is 23.4 Å². The zero-order valence-corrected chi connectivity index (χ0v) is 14.9. The van der Waals surface area contributed by atoms with Gasteiger partial charge in [-0.2, -0.15) is 0 Å². The van der Waals surface area contributed by atoms with Gasteiger partial charge in [-0.3, -0.25) is 4.79 Å². The van der Waals surface area contributed by atoms with Gasteiger partial charge >= 0.3 is 0 Å². The molecule has 0 saturated carbocycles. The van der Waals surface area contributed by atoms with Crippen molar-refractivity contribution in [2.75, 3.05) is 5.73 Å². The standard InChI is InChI=1S/C23H23NO2/c1-2-7-22(26-21-11-6-10-20(24)16-21)23(25)19-14-12-18(13-15-19)17-8-4-3-5-9-17/h3-6,8-16,22H,2,7,24H2,1H3. The minimum Gasteiger partial charge on any atom is -0.482 e. The van der Waals surface area contributed by atoms with E-state index in [0.717, 1.165) is 17.5 Å². The van der Waals surface area contributed by atoms with Gasteiger partial charge < -0.3 is 10.5 Å². The molecule has 0 fully saturated rings. The number of hydrogen-bond donors (Lipinski definition) is 1. The first-order valence-electron chi connectivity index (χ1n) is 8.89.